The lowest BCUT2D eigenvalue weighted by Crippen LogP contribution is -2.48. The van der Waals surface area contributed by atoms with Crippen molar-refractivity contribution in [3.8, 4) is 11.4 Å². The molecule has 2 aromatic heterocycles. The van der Waals surface area contributed by atoms with Crippen LogP contribution in [0.3, 0.4) is 0 Å². The van der Waals surface area contributed by atoms with Gasteiger partial charge in [0, 0.05) is 56.5 Å². The highest BCUT2D eigenvalue weighted by molar-refractivity contribution is 7.89. The van der Waals surface area contributed by atoms with Crippen molar-refractivity contribution in [2.24, 2.45) is 0 Å². The molecule has 2 aliphatic heterocycles. The number of halogens is 1. The Morgan fingerprint density at radius 3 is 2.38 bits per heavy atom. The SMILES string of the molecule is O=C(c1cc(-c2ccccn2)nc2ccc(S(=O)(=O)N3CCOCC3)cc12)N1CCN(c2cccc(F)c2)CC1. The molecule has 0 radical (unpaired) electrons. The molecule has 6 rings (SSSR count). The van der Waals surface area contributed by atoms with E-state index in [2.05, 4.69) is 4.98 Å². The Hall–Kier alpha value is -3.93. The van der Waals surface area contributed by atoms with Crippen LogP contribution in [0.1, 0.15) is 10.4 Å². The Morgan fingerprint density at radius 2 is 1.65 bits per heavy atom. The van der Waals surface area contributed by atoms with Crippen LogP contribution in [-0.4, -0.2) is 86.0 Å². The van der Waals surface area contributed by atoms with E-state index in [1.807, 2.05) is 23.1 Å². The lowest BCUT2D eigenvalue weighted by Gasteiger charge is -2.36. The summed E-state index contributed by atoms with van der Waals surface area (Å²) >= 11 is 0. The van der Waals surface area contributed by atoms with Crippen LogP contribution in [0.5, 0.6) is 0 Å². The zero-order valence-electron chi connectivity index (χ0n) is 21.7. The third kappa shape index (κ3) is 5.15. The molecular weight excluding hydrogens is 533 g/mol. The number of benzene rings is 2. The number of piperazine rings is 1. The van der Waals surface area contributed by atoms with Crippen molar-refractivity contribution >= 4 is 32.5 Å². The summed E-state index contributed by atoms with van der Waals surface area (Å²) in [5, 5.41) is 0.464. The van der Waals surface area contributed by atoms with Crippen molar-refractivity contribution in [3.63, 3.8) is 0 Å². The number of anilines is 1. The van der Waals surface area contributed by atoms with Crippen molar-refractivity contribution in [1.82, 2.24) is 19.2 Å². The van der Waals surface area contributed by atoms with Crippen LogP contribution in [0.2, 0.25) is 0 Å². The van der Waals surface area contributed by atoms with Crippen molar-refractivity contribution in [2.75, 3.05) is 57.4 Å². The molecule has 1 amide bonds. The number of hydrogen-bond donors (Lipinski definition) is 0. The zero-order valence-corrected chi connectivity index (χ0v) is 22.6. The Morgan fingerprint density at radius 1 is 0.850 bits per heavy atom. The number of carbonyl (C=O) groups excluding carboxylic acids is 1. The molecule has 0 spiro atoms. The van der Waals surface area contributed by atoms with E-state index < -0.39 is 10.0 Å². The third-order valence-electron chi connectivity index (χ3n) is 7.29. The van der Waals surface area contributed by atoms with Crippen molar-refractivity contribution in [3.05, 3.63) is 84.3 Å². The van der Waals surface area contributed by atoms with E-state index in [-0.39, 0.29) is 29.7 Å². The maximum Gasteiger partial charge on any atom is 0.254 e. The number of ether oxygens (including phenoxy) is 1. The minimum atomic E-state index is -3.77. The van der Waals surface area contributed by atoms with Gasteiger partial charge in [-0.25, -0.2) is 17.8 Å². The van der Waals surface area contributed by atoms with Gasteiger partial charge in [-0.05, 0) is 54.6 Å². The highest BCUT2D eigenvalue weighted by Gasteiger charge is 2.29. The van der Waals surface area contributed by atoms with Crippen molar-refractivity contribution < 1.29 is 22.3 Å². The summed E-state index contributed by atoms with van der Waals surface area (Å²) in [6.45, 7) is 3.19. The number of fused-ring (bicyclic) bond motifs is 1. The summed E-state index contributed by atoms with van der Waals surface area (Å²) in [6, 6.07) is 18.3. The molecule has 0 atom stereocenters. The van der Waals surface area contributed by atoms with Gasteiger partial charge < -0.3 is 14.5 Å². The first-order chi connectivity index (χ1) is 19.4. The molecule has 2 aliphatic rings. The quantitative estimate of drug-likeness (QED) is 0.369. The van der Waals surface area contributed by atoms with Crippen LogP contribution in [0.4, 0.5) is 10.1 Å². The third-order valence-corrected chi connectivity index (χ3v) is 9.18. The van der Waals surface area contributed by atoms with Crippen LogP contribution in [0.25, 0.3) is 22.3 Å². The monoisotopic (exact) mass is 561 g/mol. The zero-order chi connectivity index (χ0) is 27.7. The standard InChI is InChI=1S/C29H28FN5O4S/c30-21-4-3-5-22(18-21)33-10-12-34(13-11-33)29(36)25-20-28(27-6-1-2-9-31-27)32-26-8-7-23(19-24(25)26)40(37,38)35-14-16-39-17-15-35/h1-9,18-20H,10-17H2. The van der Waals surface area contributed by atoms with E-state index in [1.54, 1.807) is 41.4 Å². The fourth-order valence-corrected chi connectivity index (χ4v) is 6.57. The van der Waals surface area contributed by atoms with Gasteiger partial charge in [0.25, 0.3) is 5.91 Å². The minimum absolute atomic E-state index is 0.110. The van der Waals surface area contributed by atoms with Gasteiger partial charge in [0.15, 0.2) is 0 Å². The van der Waals surface area contributed by atoms with Crippen LogP contribution < -0.4 is 4.90 Å². The maximum atomic E-state index is 14.0. The second-order valence-corrected chi connectivity index (χ2v) is 11.7. The van der Waals surface area contributed by atoms with Gasteiger partial charge in [0.05, 0.1) is 40.6 Å². The molecule has 0 N–H and O–H groups in total. The van der Waals surface area contributed by atoms with Crippen molar-refractivity contribution in [2.45, 2.75) is 4.90 Å². The summed E-state index contributed by atoms with van der Waals surface area (Å²) in [5.41, 5.74) is 2.78. The first-order valence-corrected chi connectivity index (χ1v) is 14.6. The van der Waals surface area contributed by atoms with E-state index in [4.69, 9.17) is 9.72 Å². The Balaban J connectivity index is 1.36. The number of amides is 1. The van der Waals surface area contributed by atoms with Crippen LogP contribution in [0.15, 0.2) is 77.8 Å². The number of nitrogens with zero attached hydrogens (tertiary/aromatic N) is 5. The smallest absolute Gasteiger partial charge is 0.254 e. The molecule has 2 saturated heterocycles. The summed E-state index contributed by atoms with van der Waals surface area (Å²) in [6.07, 6.45) is 1.66. The predicted octanol–water partition coefficient (Wildman–Crippen LogP) is 3.42. The molecule has 0 saturated carbocycles. The number of pyridine rings is 2. The molecule has 11 heteroatoms. The molecule has 2 fully saturated rings. The molecule has 206 valence electrons. The Bertz CT molecular complexity index is 1650. The highest BCUT2D eigenvalue weighted by atomic mass is 32.2. The molecule has 2 aromatic carbocycles. The molecule has 9 nitrogen and oxygen atoms in total. The van der Waals surface area contributed by atoms with Gasteiger partial charge in [0.2, 0.25) is 10.0 Å². The largest absolute Gasteiger partial charge is 0.379 e. The molecule has 0 unspecified atom stereocenters. The van der Waals surface area contributed by atoms with Gasteiger partial charge in [-0.15, -0.1) is 0 Å². The van der Waals surface area contributed by atoms with E-state index in [0.717, 1.165) is 5.69 Å². The number of aromatic nitrogens is 2. The lowest BCUT2D eigenvalue weighted by molar-refractivity contribution is 0.0730. The van der Waals surface area contributed by atoms with Gasteiger partial charge in [0.1, 0.15) is 5.82 Å². The second-order valence-electron chi connectivity index (χ2n) is 9.72. The highest BCUT2D eigenvalue weighted by Crippen LogP contribution is 2.29. The summed E-state index contributed by atoms with van der Waals surface area (Å²) in [4.78, 5) is 27.0. The topological polar surface area (TPSA) is 95.9 Å². The predicted molar refractivity (Wildman–Crippen MR) is 149 cm³/mol. The van der Waals surface area contributed by atoms with Crippen molar-refractivity contribution in [1.29, 1.82) is 0 Å². The summed E-state index contributed by atoms with van der Waals surface area (Å²) in [7, 11) is -3.77. The molecule has 4 heterocycles. The number of morpholine rings is 1. The van der Waals surface area contributed by atoms with E-state index in [9.17, 15) is 17.6 Å². The summed E-state index contributed by atoms with van der Waals surface area (Å²) < 4.78 is 47.3. The Kier molecular flexibility index (Phi) is 7.18. The molecule has 0 bridgehead atoms. The number of hydrogen-bond acceptors (Lipinski definition) is 7. The maximum absolute atomic E-state index is 14.0. The lowest BCUT2D eigenvalue weighted by atomic mass is 10.0. The number of sulfonamides is 1. The van der Waals surface area contributed by atoms with E-state index in [1.165, 1.54) is 22.5 Å². The second kappa shape index (κ2) is 10.9. The van der Waals surface area contributed by atoms with Crippen LogP contribution in [-0.2, 0) is 14.8 Å². The number of rotatable bonds is 5. The summed E-state index contributed by atoms with van der Waals surface area (Å²) in [5.74, 6) is -0.520. The van der Waals surface area contributed by atoms with Gasteiger partial charge in [-0.2, -0.15) is 4.31 Å². The normalized spacial score (nSPS) is 16.8. The average Bonchev–Trinajstić information content (AvgIpc) is 3.01. The van der Waals surface area contributed by atoms with E-state index in [0.29, 0.717) is 67.2 Å². The number of carbonyl (C=O) groups is 1. The average molecular weight is 562 g/mol. The first kappa shape index (κ1) is 26.3. The minimum Gasteiger partial charge on any atom is -0.379 e. The molecule has 4 aromatic rings. The van der Waals surface area contributed by atoms with Gasteiger partial charge in [-0.1, -0.05) is 12.1 Å². The Labute approximate surface area is 231 Å². The first-order valence-electron chi connectivity index (χ1n) is 13.1. The van der Waals surface area contributed by atoms with Gasteiger partial charge >= 0.3 is 0 Å². The molecule has 0 aliphatic carbocycles. The van der Waals surface area contributed by atoms with E-state index >= 15 is 0 Å². The fourth-order valence-electron chi connectivity index (χ4n) is 5.13. The van der Waals surface area contributed by atoms with Crippen LogP contribution >= 0.6 is 0 Å². The molecular formula is C29H28FN5O4S. The molecule has 40 heavy (non-hydrogen) atoms. The van der Waals surface area contributed by atoms with Gasteiger partial charge in [-0.3, -0.25) is 9.78 Å². The van der Waals surface area contributed by atoms with Crippen LogP contribution in [0, 0.1) is 5.82 Å². The fraction of sp³-hybridized carbons (Fsp3) is 0.276.